The molecule has 1 N–H and O–H groups in total. The number of fused-ring (bicyclic) bond motifs is 1. The number of hydrogen-bond donors (Lipinski definition) is 1. The molecule has 2 unspecified atom stereocenters. The predicted molar refractivity (Wildman–Crippen MR) is 70.4 cm³/mol. The van der Waals surface area contributed by atoms with E-state index in [1.807, 2.05) is 6.92 Å². The van der Waals surface area contributed by atoms with Crippen molar-refractivity contribution in [2.24, 2.45) is 5.92 Å². The fourth-order valence-corrected chi connectivity index (χ4v) is 2.94. The molecule has 1 heterocycles. The third-order valence-corrected chi connectivity index (χ3v) is 3.95. The lowest BCUT2D eigenvalue weighted by atomic mass is 10.0. The molecule has 4 nitrogen and oxygen atoms in total. The maximum Gasteiger partial charge on any atom is 0.220 e. The van der Waals surface area contributed by atoms with E-state index in [4.69, 9.17) is 4.74 Å². The first-order valence-corrected chi connectivity index (χ1v) is 6.81. The van der Waals surface area contributed by atoms with Gasteiger partial charge in [0.25, 0.3) is 0 Å². The number of halogens is 1. The Balaban J connectivity index is 1.81. The Morgan fingerprint density at radius 1 is 1.35 bits per heavy atom. The molecule has 0 spiro atoms. The molecule has 1 amide bonds. The SMILES string of the molecule is CC1CC(=O)c2c(OCC3CNC(=O)C3)ccc(F)c21. The van der Waals surface area contributed by atoms with Crippen LogP contribution < -0.4 is 10.1 Å². The number of rotatable bonds is 3. The fraction of sp³-hybridized carbons (Fsp3) is 0.467. The zero-order valence-electron chi connectivity index (χ0n) is 11.2. The van der Waals surface area contributed by atoms with Crippen molar-refractivity contribution in [2.75, 3.05) is 13.2 Å². The van der Waals surface area contributed by atoms with Gasteiger partial charge in [-0.1, -0.05) is 6.92 Å². The van der Waals surface area contributed by atoms with Crippen LogP contribution in [0.5, 0.6) is 5.75 Å². The highest BCUT2D eigenvalue weighted by Crippen LogP contribution is 2.39. The van der Waals surface area contributed by atoms with Crippen LogP contribution in [0.4, 0.5) is 4.39 Å². The van der Waals surface area contributed by atoms with Crippen LogP contribution in [0.1, 0.15) is 41.6 Å². The second kappa shape index (κ2) is 4.89. The van der Waals surface area contributed by atoms with Gasteiger partial charge >= 0.3 is 0 Å². The van der Waals surface area contributed by atoms with Crippen molar-refractivity contribution in [1.82, 2.24) is 5.32 Å². The topological polar surface area (TPSA) is 55.4 Å². The predicted octanol–water partition coefficient (Wildman–Crippen LogP) is 2.03. The highest BCUT2D eigenvalue weighted by molar-refractivity contribution is 6.03. The first kappa shape index (κ1) is 13.1. The number of nitrogens with one attached hydrogen (secondary N) is 1. The standard InChI is InChI=1S/C15H16FNO3/c1-8-4-11(18)15-12(3-2-10(16)14(8)15)20-7-9-5-13(19)17-6-9/h2-3,8-9H,4-7H2,1H3,(H,17,19). The summed E-state index contributed by atoms with van der Waals surface area (Å²) in [4.78, 5) is 23.1. The third kappa shape index (κ3) is 2.17. The van der Waals surface area contributed by atoms with Gasteiger partial charge in [0.2, 0.25) is 5.91 Å². The van der Waals surface area contributed by atoms with Crippen molar-refractivity contribution >= 4 is 11.7 Å². The number of carbonyl (C=O) groups excluding carboxylic acids is 2. The minimum Gasteiger partial charge on any atom is -0.492 e. The van der Waals surface area contributed by atoms with Crippen LogP contribution in [0.25, 0.3) is 0 Å². The van der Waals surface area contributed by atoms with Crippen LogP contribution in [-0.4, -0.2) is 24.8 Å². The van der Waals surface area contributed by atoms with Gasteiger partial charge in [-0.25, -0.2) is 4.39 Å². The van der Waals surface area contributed by atoms with E-state index < -0.39 is 0 Å². The number of carbonyl (C=O) groups is 2. The molecule has 106 valence electrons. The molecular weight excluding hydrogens is 261 g/mol. The van der Waals surface area contributed by atoms with E-state index in [1.54, 1.807) is 0 Å². The summed E-state index contributed by atoms with van der Waals surface area (Å²) in [5, 5.41) is 2.74. The first-order chi connectivity index (χ1) is 9.56. The summed E-state index contributed by atoms with van der Waals surface area (Å²) in [6, 6.07) is 2.86. The summed E-state index contributed by atoms with van der Waals surface area (Å²) >= 11 is 0. The third-order valence-electron chi connectivity index (χ3n) is 3.95. The Labute approximate surface area is 116 Å². The van der Waals surface area contributed by atoms with E-state index in [0.29, 0.717) is 42.9 Å². The lowest BCUT2D eigenvalue weighted by Crippen LogP contribution is -2.17. The van der Waals surface area contributed by atoms with Crippen molar-refractivity contribution in [3.05, 3.63) is 29.1 Å². The lowest BCUT2D eigenvalue weighted by molar-refractivity contribution is -0.119. The van der Waals surface area contributed by atoms with E-state index in [-0.39, 0.29) is 29.3 Å². The van der Waals surface area contributed by atoms with Gasteiger partial charge in [0, 0.05) is 30.9 Å². The molecule has 5 heteroatoms. The molecule has 1 aromatic rings. The average molecular weight is 277 g/mol. The summed E-state index contributed by atoms with van der Waals surface area (Å²) in [7, 11) is 0. The van der Waals surface area contributed by atoms with Crippen LogP contribution in [0.2, 0.25) is 0 Å². The number of amides is 1. The molecule has 2 aliphatic rings. The summed E-state index contributed by atoms with van der Waals surface area (Å²) in [5.41, 5.74) is 0.850. The van der Waals surface area contributed by atoms with Gasteiger partial charge in [0.05, 0.1) is 12.2 Å². The van der Waals surface area contributed by atoms with Crippen LogP contribution in [0.15, 0.2) is 12.1 Å². The minimum absolute atomic E-state index is 0.0210. The molecule has 1 fully saturated rings. The van der Waals surface area contributed by atoms with Crippen molar-refractivity contribution < 1.29 is 18.7 Å². The number of Topliss-reactive ketones (excluding diaryl/α,β-unsaturated/α-hetero) is 1. The molecule has 0 bridgehead atoms. The largest absolute Gasteiger partial charge is 0.492 e. The zero-order valence-corrected chi connectivity index (χ0v) is 11.2. The van der Waals surface area contributed by atoms with Gasteiger partial charge in [0.1, 0.15) is 11.6 Å². The van der Waals surface area contributed by atoms with Crippen molar-refractivity contribution in [2.45, 2.75) is 25.7 Å². The molecule has 0 aromatic heterocycles. The number of hydrogen-bond acceptors (Lipinski definition) is 3. The highest BCUT2D eigenvalue weighted by Gasteiger charge is 2.33. The molecule has 1 aliphatic heterocycles. The zero-order chi connectivity index (χ0) is 14.3. The minimum atomic E-state index is -0.344. The van der Waals surface area contributed by atoms with Gasteiger partial charge in [-0.2, -0.15) is 0 Å². The lowest BCUT2D eigenvalue weighted by Gasteiger charge is -2.14. The number of ether oxygens (including phenoxy) is 1. The Morgan fingerprint density at radius 2 is 2.15 bits per heavy atom. The van der Waals surface area contributed by atoms with E-state index >= 15 is 0 Å². The summed E-state index contributed by atoms with van der Waals surface area (Å²) in [6.07, 6.45) is 0.768. The fourth-order valence-electron chi connectivity index (χ4n) is 2.94. The molecule has 0 saturated carbocycles. The Morgan fingerprint density at radius 3 is 2.85 bits per heavy atom. The average Bonchev–Trinajstić information content (AvgIpc) is 2.94. The monoisotopic (exact) mass is 277 g/mol. The summed E-state index contributed by atoms with van der Waals surface area (Å²) in [5.74, 6) is 0.0571. The van der Waals surface area contributed by atoms with Gasteiger partial charge < -0.3 is 10.1 Å². The second-order valence-corrected chi connectivity index (χ2v) is 5.55. The first-order valence-electron chi connectivity index (χ1n) is 6.81. The van der Waals surface area contributed by atoms with Gasteiger partial charge in [0.15, 0.2) is 5.78 Å². The van der Waals surface area contributed by atoms with Gasteiger partial charge in [-0.15, -0.1) is 0 Å². The molecular formula is C15H16FNO3. The van der Waals surface area contributed by atoms with E-state index in [1.165, 1.54) is 12.1 Å². The van der Waals surface area contributed by atoms with Gasteiger partial charge in [-0.3, -0.25) is 9.59 Å². The summed E-state index contributed by atoms with van der Waals surface area (Å²) < 4.78 is 19.5. The van der Waals surface area contributed by atoms with Crippen molar-refractivity contribution in [1.29, 1.82) is 0 Å². The number of benzene rings is 1. The maximum atomic E-state index is 13.8. The Bertz CT molecular complexity index is 585. The maximum absolute atomic E-state index is 13.8. The van der Waals surface area contributed by atoms with E-state index in [0.717, 1.165) is 0 Å². The molecule has 20 heavy (non-hydrogen) atoms. The molecule has 2 atom stereocenters. The number of ketones is 1. The van der Waals surface area contributed by atoms with Crippen LogP contribution >= 0.6 is 0 Å². The van der Waals surface area contributed by atoms with E-state index in [9.17, 15) is 14.0 Å². The molecule has 1 aromatic carbocycles. The van der Waals surface area contributed by atoms with Gasteiger partial charge in [-0.05, 0) is 18.1 Å². The second-order valence-electron chi connectivity index (χ2n) is 5.55. The highest BCUT2D eigenvalue weighted by atomic mass is 19.1. The van der Waals surface area contributed by atoms with Crippen LogP contribution in [0.3, 0.4) is 0 Å². The molecule has 1 aliphatic carbocycles. The Hall–Kier alpha value is -1.91. The van der Waals surface area contributed by atoms with Crippen molar-refractivity contribution in [3.8, 4) is 5.75 Å². The van der Waals surface area contributed by atoms with E-state index in [2.05, 4.69) is 5.32 Å². The molecule has 0 radical (unpaired) electrons. The van der Waals surface area contributed by atoms with Crippen LogP contribution in [-0.2, 0) is 4.79 Å². The molecule has 1 saturated heterocycles. The Kier molecular flexibility index (Phi) is 3.20. The van der Waals surface area contributed by atoms with Crippen LogP contribution in [0, 0.1) is 11.7 Å². The van der Waals surface area contributed by atoms with Crippen molar-refractivity contribution in [3.63, 3.8) is 0 Å². The smallest absolute Gasteiger partial charge is 0.220 e. The quantitative estimate of drug-likeness (QED) is 0.919. The summed E-state index contributed by atoms with van der Waals surface area (Å²) in [6.45, 7) is 2.79. The normalized spacial score (nSPS) is 24.7. The molecule has 3 rings (SSSR count).